The van der Waals surface area contributed by atoms with Gasteiger partial charge in [-0.25, -0.2) is 0 Å². The predicted octanol–water partition coefficient (Wildman–Crippen LogP) is 4.55. The lowest BCUT2D eigenvalue weighted by molar-refractivity contribution is 0.0930. The highest BCUT2D eigenvalue weighted by Crippen LogP contribution is 2.48. The molecular formula is C25H25N3O. The Morgan fingerprint density at radius 2 is 1.86 bits per heavy atom. The molecule has 3 aromatic carbocycles. The van der Waals surface area contributed by atoms with E-state index in [9.17, 15) is 4.79 Å². The van der Waals surface area contributed by atoms with Gasteiger partial charge in [-0.15, -0.1) is 0 Å². The normalized spacial score (nSPS) is 15.0. The lowest BCUT2D eigenvalue weighted by atomic mass is 9.96. The SMILES string of the molecule is Cc1cc2cc(CCN)[nH]c2cc1C(=O)NC1(c2cccc3ccccc23)CC1. The Bertz CT molecular complexity index is 1230. The van der Waals surface area contributed by atoms with Crippen molar-refractivity contribution in [3.05, 3.63) is 83.0 Å². The summed E-state index contributed by atoms with van der Waals surface area (Å²) in [5, 5.41) is 6.91. The molecule has 0 bridgehead atoms. The van der Waals surface area contributed by atoms with Gasteiger partial charge in [0.1, 0.15) is 0 Å². The minimum Gasteiger partial charge on any atom is -0.358 e. The first kappa shape index (κ1) is 18.0. The minimum atomic E-state index is -0.264. The van der Waals surface area contributed by atoms with E-state index in [1.165, 1.54) is 16.3 Å². The van der Waals surface area contributed by atoms with Crippen molar-refractivity contribution in [1.29, 1.82) is 0 Å². The summed E-state index contributed by atoms with van der Waals surface area (Å²) in [7, 11) is 0. The van der Waals surface area contributed by atoms with Crippen LogP contribution in [-0.4, -0.2) is 17.4 Å². The maximum absolute atomic E-state index is 13.3. The third-order valence-corrected chi connectivity index (χ3v) is 6.09. The van der Waals surface area contributed by atoms with Gasteiger partial charge < -0.3 is 16.0 Å². The van der Waals surface area contributed by atoms with Crippen molar-refractivity contribution in [3.8, 4) is 0 Å². The Balaban J connectivity index is 1.49. The summed E-state index contributed by atoms with van der Waals surface area (Å²) in [6.45, 7) is 2.61. The zero-order chi connectivity index (χ0) is 20.0. The third kappa shape index (κ3) is 3.10. The molecule has 0 unspecified atom stereocenters. The van der Waals surface area contributed by atoms with Gasteiger partial charge in [-0.3, -0.25) is 4.79 Å². The zero-order valence-corrected chi connectivity index (χ0v) is 16.6. The van der Waals surface area contributed by atoms with Crippen molar-refractivity contribution in [2.75, 3.05) is 6.54 Å². The Kier molecular flexibility index (Phi) is 4.18. The molecule has 0 spiro atoms. The Morgan fingerprint density at radius 3 is 2.66 bits per heavy atom. The summed E-state index contributed by atoms with van der Waals surface area (Å²) in [4.78, 5) is 16.7. The molecule has 4 nitrogen and oxygen atoms in total. The molecular weight excluding hydrogens is 358 g/mol. The standard InChI is InChI=1S/C25H25N3O/c1-16-13-18-14-19(9-12-26)27-23(18)15-21(16)24(29)28-25(10-11-25)22-8-4-6-17-5-2-3-7-20(17)22/h2-8,13-15,27H,9-12,26H2,1H3,(H,28,29). The molecule has 1 fully saturated rings. The average Bonchev–Trinajstić information content (AvgIpc) is 3.39. The summed E-state index contributed by atoms with van der Waals surface area (Å²) in [5.74, 6) is -0.00944. The van der Waals surface area contributed by atoms with Gasteiger partial charge in [-0.05, 0) is 78.2 Å². The fourth-order valence-corrected chi connectivity index (χ4v) is 4.40. The van der Waals surface area contributed by atoms with Crippen LogP contribution in [0.15, 0.2) is 60.7 Å². The highest BCUT2D eigenvalue weighted by molar-refractivity contribution is 6.00. The highest BCUT2D eigenvalue weighted by atomic mass is 16.1. The van der Waals surface area contributed by atoms with E-state index in [4.69, 9.17) is 5.73 Å². The van der Waals surface area contributed by atoms with E-state index in [-0.39, 0.29) is 11.4 Å². The van der Waals surface area contributed by atoms with Crippen LogP contribution in [0.4, 0.5) is 0 Å². The Morgan fingerprint density at radius 1 is 1.07 bits per heavy atom. The first-order valence-corrected chi connectivity index (χ1v) is 10.2. The number of carbonyl (C=O) groups is 1. The molecule has 29 heavy (non-hydrogen) atoms. The number of fused-ring (bicyclic) bond motifs is 2. The number of aryl methyl sites for hydroxylation is 1. The molecule has 1 aromatic heterocycles. The predicted molar refractivity (Wildman–Crippen MR) is 118 cm³/mol. The van der Waals surface area contributed by atoms with E-state index in [0.717, 1.165) is 47.0 Å². The van der Waals surface area contributed by atoms with E-state index in [0.29, 0.717) is 6.54 Å². The van der Waals surface area contributed by atoms with Crippen molar-refractivity contribution in [2.24, 2.45) is 5.73 Å². The van der Waals surface area contributed by atoms with Gasteiger partial charge in [0.05, 0.1) is 5.54 Å². The quantitative estimate of drug-likeness (QED) is 0.473. The zero-order valence-electron chi connectivity index (χ0n) is 16.6. The first-order valence-electron chi connectivity index (χ1n) is 10.2. The van der Waals surface area contributed by atoms with E-state index < -0.39 is 0 Å². The third-order valence-electron chi connectivity index (χ3n) is 6.09. The smallest absolute Gasteiger partial charge is 0.252 e. The molecule has 4 N–H and O–H groups in total. The van der Waals surface area contributed by atoms with Gasteiger partial charge >= 0.3 is 0 Å². The highest BCUT2D eigenvalue weighted by Gasteiger charge is 2.46. The van der Waals surface area contributed by atoms with Gasteiger partial charge in [0, 0.05) is 16.8 Å². The number of aromatic nitrogens is 1. The van der Waals surface area contributed by atoms with Crippen LogP contribution in [0.3, 0.4) is 0 Å². The molecule has 5 rings (SSSR count). The molecule has 0 saturated heterocycles. The van der Waals surface area contributed by atoms with Crippen molar-refractivity contribution < 1.29 is 4.79 Å². The molecule has 0 radical (unpaired) electrons. The van der Waals surface area contributed by atoms with Crippen molar-refractivity contribution in [3.63, 3.8) is 0 Å². The molecule has 4 heteroatoms. The number of nitrogens with two attached hydrogens (primary N) is 1. The molecule has 1 heterocycles. The van der Waals surface area contributed by atoms with Crippen LogP contribution in [0.25, 0.3) is 21.7 Å². The monoisotopic (exact) mass is 383 g/mol. The molecule has 1 amide bonds. The topological polar surface area (TPSA) is 70.9 Å². The summed E-state index contributed by atoms with van der Waals surface area (Å²) >= 11 is 0. The van der Waals surface area contributed by atoms with E-state index in [2.05, 4.69) is 64.9 Å². The number of benzene rings is 3. The van der Waals surface area contributed by atoms with Crippen LogP contribution in [0, 0.1) is 6.92 Å². The van der Waals surface area contributed by atoms with Crippen LogP contribution < -0.4 is 11.1 Å². The van der Waals surface area contributed by atoms with Crippen molar-refractivity contribution in [2.45, 2.75) is 31.7 Å². The number of H-pyrrole nitrogens is 1. The fraction of sp³-hybridized carbons (Fsp3) is 0.240. The van der Waals surface area contributed by atoms with E-state index >= 15 is 0 Å². The fourth-order valence-electron chi connectivity index (χ4n) is 4.40. The second kappa shape index (κ2) is 6.75. The number of aromatic amines is 1. The van der Waals surface area contributed by atoms with Gasteiger partial charge in [0.15, 0.2) is 0 Å². The Labute approximate surface area is 170 Å². The first-order chi connectivity index (χ1) is 14.1. The van der Waals surface area contributed by atoms with Gasteiger partial charge in [0.25, 0.3) is 5.91 Å². The summed E-state index contributed by atoms with van der Waals surface area (Å²) in [5.41, 5.74) is 10.4. The lowest BCUT2D eigenvalue weighted by Gasteiger charge is -2.21. The van der Waals surface area contributed by atoms with E-state index in [1.807, 2.05) is 13.0 Å². The molecule has 1 aliphatic rings. The molecule has 4 aromatic rings. The molecule has 0 aliphatic heterocycles. The van der Waals surface area contributed by atoms with Crippen molar-refractivity contribution >= 4 is 27.6 Å². The van der Waals surface area contributed by atoms with Crippen LogP contribution in [0.5, 0.6) is 0 Å². The number of hydrogen-bond acceptors (Lipinski definition) is 2. The number of carbonyl (C=O) groups excluding carboxylic acids is 1. The second-order valence-corrected chi connectivity index (χ2v) is 8.15. The average molecular weight is 383 g/mol. The number of amides is 1. The lowest BCUT2D eigenvalue weighted by Crippen LogP contribution is -2.35. The number of nitrogens with one attached hydrogen (secondary N) is 2. The van der Waals surface area contributed by atoms with Crippen molar-refractivity contribution in [1.82, 2.24) is 10.3 Å². The minimum absolute atomic E-state index is 0.00944. The molecule has 0 atom stereocenters. The maximum Gasteiger partial charge on any atom is 0.252 e. The van der Waals surface area contributed by atoms with E-state index in [1.54, 1.807) is 0 Å². The number of hydrogen-bond donors (Lipinski definition) is 3. The second-order valence-electron chi connectivity index (χ2n) is 8.15. The molecule has 1 saturated carbocycles. The maximum atomic E-state index is 13.3. The largest absolute Gasteiger partial charge is 0.358 e. The van der Waals surface area contributed by atoms with Gasteiger partial charge in [0.2, 0.25) is 0 Å². The van der Waals surface area contributed by atoms with Crippen LogP contribution in [0.1, 0.15) is 40.0 Å². The summed E-state index contributed by atoms with van der Waals surface area (Å²) < 4.78 is 0. The van der Waals surface area contributed by atoms with Crippen LogP contribution >= 0.6 is 0 Å². The number of rotatable bonds is 5. The summed E-state index contributed by atoms with van der Waals surface area (Å²) in [6, 6.07) is 20.9. The molecule has 146 valence electrons. The van der Waals surface area contributed by atoms with Gasteiger partial charge in [-0.2, -0.15) is 0 Å². The van der Waals surface area contributed by atoms with Crippen LogP contribution in [0.2, 0.25) is 0 Å². The van der Waals surface area contributed by atoms with Gasteiger partial charge in [-0.1, -0.05) is 42.5 Å². The Hall–Kier alpha value is -3.11. The van der Waals surface area contributed by atoms with Crippen LogP contribution in [-0.2, 0) is 12.0 Å². The molecule has 1 aliphatic carbocycles. The summed E-state index contributed by atoms with van der Waals surface area (Å²) in [6.07, 6.45) is 2.74.